The van der Waals surface area contributed by atoms with Gasteiger partial charge in [0.2, 0.25) is 0 Å². The van der Waals surface area contributed by atoms with E-state index in [1.165, 1.54) is 6.33 Å². The molecular formula is C22H20N6. The maximum Gasteiger partial charge on any atom is 0.137 e. The highest BCUT2D eigenvalue weighted by atomic mass is 15.1. The van der Waals surface area contributed by atoms with E-state index in [4.69, 9.17) is 0 Å². The highest BCUT2D eigenvalue weighted by Gasteiger charge is 2.17. The summed E-state index contributed by atoms with van der Waals surface area (Å²) in [5, 5.41) is 1.07. The molecule has 4 heterocycles. The number of hydrogen-bond acceptors (Lipinski definition) is 4. The zero-order valence-electron chi connectivity index (χ0n) is 16.0. The zero-order valence-corrected chi connectivity index (χ0v) is 16.0. The molecule has 1 N–H and O–H groups in total. The SMILES string of the molecule is CC(C)(C)n1cnc2ccc(-c3c[nH]c4ncc(-c5cncnc5)cc34)cc21. The van der Waals surface area contributed by atoms with Gasteiger partial charge in [-0.05, 0) is 44.5 Å². The lowest BCUT2D eigenvalue weighted by Gasteiger charge is -2.21. The minimum atomic E-state index is -0.0321. The van der Waals surface area contributed by atoms with Crippen LogP contribution in [-0.4, -0.2) is 29.5 Å². The number of aromatic amines is 1. The fourth-order valence-corrected chi connectivity index (χ4v) is 3.56. The molecular weight excluding hydrogens is 348 g/mol. The van der Waals surface area contributed by atoms with Crippen LogP contribution >= 0.6 is 0 Å². The number of hydrogen-bond donors (Lipinski definition) is 1. The first-order chi connectivity index (χ1) is 13.5. The topological polar surface area (TPSA) is 72.3 Å². The first-order valence-corrected chi connectivity index (χ1v) is 9.21. The summed E-state index contributed by atoms with van der Waals surface area (Å²) in [6, 6.07) is 8.53. The lowest BCUT2D eigenvalue weighted by atomic mass is 10.0. The van der Waals surface area contributed by atoms with E-state index in [1.807, 2.05) is 18.7 Å². The maximum atomic E-state index is 4.58. The van der Waals surface area contributed by atoms with Crippen LogP contribution in [0.5, 0.6) is 0 Å². The van der Waals surface area contributed by atoms with Crippen LogP contribution < -0.4 is 0 Å². The smallest absolute Gasteiger partial charge is 0.137 e. The second-order valence-electron chi connectivity index (χ2n) is 7.94. The minimum Gasteiger partial charge on any atom is -0.346 e. The molecule has 4 aromatic heterocycles. The molecule has 0 fully saturated rings. The van der Waals surface area contributed by atoms with Crippen molar-refractivity contribution in [3.8, 4) is 22.3 Å². The van der Waals surface area contributed by atoms with Crippen LogP contribution in [0.4, 0.5) is 0 Å². The van der Waals surface area contributed by atoms with Gasteiger partial charge in [0, 0.05) is 52.4 Å². The molecule has 138 valence electrons. The zero-order chi connectivity index (χ0) is 19.3. The molecule has 6 nitrogen and oxygen atoms in total. The van der Waals surface area contributed by atoms with Crippen LogP contribution in [0.2, 0.25) is 0 Å². The summed E-state index contributed by atoms with van der Waals surface area (Å²) in [6.45, 7) is 6.56. The second kappa shape index (κ2) is 5.99. The van der Waals surface area contributed by atoms with Crippen molar-refractivity contribution < 1.29 is 0 Å². The Hall–Kier alpha value is -3.54. The number of aromatic nitrogens is 6. The molecule has 0 radical (unpaired) electrons. The number of H-pyrrole nitrogens is 1. The van der Waals surface area contributed by atoms with Crippen LogP contribution in [-0.2, 0) is 5.54 Å². The Kier molecular flexibility index (Phi) is 3.55. The van der Waals surface area contributed by atoms with Crippen LogP contribution in [0.25, 0.3) is 44.3 Å². The van der Waals surface area contributed by atoms with Crippen molar-refractivity contribution >= 4 is 22.1 Å². The van der Waals surface area contributed by atoms with Crippen LogP contribution in [0.15, 0.2) is 61.7 Å². The summed E-state index contributed by atoms with van der Waals surface area (Å²) in [4.78, 5) is 20.7. The van der Waals surface area contributed by atoms with Gasteiger partial charge in [-0.1, -0.05) is 6.07 Å². The van der Waals surface area contributed by atoms with Gasteiger partial charge in [-0.3, -0.25) is 0 Å². The van der Waals surface area contributed by atoms with Gasteiger partial charge in [0.1, 0.15) is 12.0 Å². The van der Waals surface area contributed by atoms with Gasteiger partial charge >= 0.3 is 0 Å². The summed E-state index contributed by atoms with van der Waals surface area (Å²) in [5.74, 6) is 0. The maximum absolute atomic E-state index is 4.58. The molecule has 1 aromatic carbocycles. The van der Waals surface area contributed by atoms with Gasteiger partial charge < -0.3 is 9.55 Å². The van der Waals surface area contributed by atoms with Gasteiger partial charge in [0.25, 0.3) is 0 Å². The third kappa shape index (κ3) is 2.65. The van der Waals surface area contributed by atoms with Crippen molar-refractivity contribution in [1.29, 1.82) is 0 Å². The van der Waals surface area contributed by atoms with Crippen molar-refractivity contribution in [3.05, 3.63) is 61.7 Å². The van der Waals surface area contributed by atoms with Crippen molar-refractivity contribution in [3.63, 3.8) is 0 Å². The molecule has 28 heavy (non-hydrogen) atoms. The highest BCUT2D eigenvalue weighted by Crippen LogP contribution is 2.33. The Morgan fingerprint density at radius 2 is 1.71 bits per heavy atom. The molecule has 5 rings (SSSR count). The summed E-state index contributed by atoms with van der Waals surface area (Å²) in [5.41, 5.74) is 7.15. The second-order valence-corrected chi connectivity index (χ2v) is 7.94. The third-order valence-electron chi connectivity index (χ3n) is 5.01. The number of nitrogens with one attached hydrogen (secondary N) is 1. The number of fused-ring (bicyclic) bond motifs is 2. The average molecular weight is 368 g/mol. The van der Waals surface area contributed by atoms with Crippen molar-refractivity contribution in [1.82, 2.24) is 29.5 Å². The van der Waals surface area contributed by atoms with Gasteiger partial charge in [-0.2, -0.15) is 0 Å². The Labute approximate surface area is 162 Å². The molecule has 0 atom stereocenters. The number of imidazole rings is 1. The quantitative estimate of drug-likeness (QED) is 0.486. The summed E-state index contributed by atoms with van der Waals surface area (Å²) in [7, 11) is 0. The number of nitrogens with zero attached hydrogens (tertiary/aromatic N) is 5. The van der Waals surface area contributed by atoms with E-state index in [0.717, 1.165) is 44.3 Å². The molecule has 0 unspecified atom stereocenters. The van der Waals surface area contributed by atoms with Crippen LogP contribution in [0, 0.1) is 0 Å². The predicted octanol–water partition coefficient (Wildman–Crippen LogP) is 4.79. The Bertz CT molecular complexity index is 1290. The summed E-state index contributed by atoms with van der Waals surface area (Å²) >= 11 is 0. The van der Waals surface area contributed by atoms with Crippen LogP contribution in [0.1, 0.15) is 20.8 Å². The van der Waals surface area contributed by atoms with E-state index in [9.17, 15) is 0 Å². The van der Waals surface area contributed by atoms with E-state index in [-0.39, 0.29) is 5.54 Å². The number of benzene rings is 1. The lowest BCUT2D eigenvalue weighted by Crippen LogP contribution is -2.20. The molecule has 0 saturated carbocycles. The van der Waals surface area contributed by atoms with Crippen molar-refractivity contribution in [2.24, 2.45) is 0 Å². The third-order valence-corrected chi connectivity index (χ3v) is 5.01. The molecule has 0 aliphatic rings. The fraction of sp³-hybridized carbons (Fsp3) is 0.182. The highest BCUT2D eigenvalue weighted by molar-refractivity contribution is 5.97. The molecule has 6 heteroatoms. The first kappa shape index (κ1) is 16.6. The Morgan fingerprint density at radius 3 is 2.50 bits per heavy atom. The standard InChI is InChI=1S/C22H20N6/c1-22(2,3)28-13-27-19-5-4-14(7-20(19)28)18-11-26-21-17(18)6-15(10-25-21)16-8-23-12-24-9-16/h4-13H,1-3H3,(H,25,26). The van der Waals surface area contributed by atoms with Gasteiger partial charge in [0.05, 0.1) is 17.4 Å². The molecule has 0 saturated heterocycles. The molecule has 0 spiro atoms. The largest absolute Gasteiger partial charge is 0.346 e. The van der Waals surface area contributed by atoms with Gasteiger partial charge in [-0.15, -0.1) is 0 Å². The molecule has 0 amide bonds. The van der Waals surface area contributed by atoms with Gasteiger partial charge in [0.15, 0.2) is 0 Å². The summed E-state index contributed by atoms with van der Waals surface area (Å²) < 4.78 is 2.21. The molecule has 0 bridgehead atoms. The van der Waals surface area contributed by atoms with Crippen molar-refractivity contribution in [2.75, 3.05) is 0 Å². The van der Waals surface area contributed by atoms with E-state index >= 15 is 0 Å². The predicted molar refractivity (Wildman–Crippen MR) is 111 cm³/mol. The van der Waals surface area contributed by atoms with E-state index < -0.39 is 0 Å². The van der Waals surface area contributed by atoms with E-state index in [1.54, 1.807) is 12.4 Å². The van der Waals surface area contributed by atoms with Crippen molar-refractivity contribution in [2.45, 2.75) is 26.3 Å². The average Bonchev–Trinajstić information content (AvgIpc) is 3.31. The Morgan fingerprint density at radius 1 is 0.893 bits per heavy atom. The summed E-state index contributed by atoms with van der Waals surface area (Å²) in [6.07, 6.45) is 10.9. The van der Waals surface area contributed by atoms with Crippen LogP contribution in [0.3, 0.4) is 0 Å². The monoisotopic (exact) mass is 368 g/mol. The number of rotatable bonds is 2. The normalized spacial score (nSPS) is 12.1. The molecule has 0 aliphatic heterocycles. The number of pyridine rings is 1. The van der Waals surface area contributed by atoms with Gasteiger partial charge in [-0.25, -0.2) is 19.9 Å². The Balaban J connectivity index is 1.69. The first-order valence-electron chi connectivity index (χ1n) is 9.21. The lowest BCUT2D eigenvalue weighted by molar-refractivity contribution is 0.408. The fourth-order valence-electron chi connectivity index (χ4n) is 3.56. The minimum absolute atomic E-state index is 0.0321. The molecule has 0 aliphatic carbocycles. The van der Waals surface area contributed by atoms with E-state index in [2.05, 4.69) is 74.5 Å². The van der Waals surface area contributed by atoms with E-state index in [0.29, 0.717) is 0 Å². The molecule has 5 aromatic rings.